The third-order valence-electron chi connectivity index (χ3n) is 8.42. The van der Waals surface area contributed by atoms with Gasteiger partial charge in [-0.1, -0.05) is 55.5 Å². The van der Waals surface area contributed by atoms with Gasteiger partial charge in [0.25, 0.3) is 0 Å². The van der Waals surface area contributed by atoms with Crippen LogP contribution in [0.15, 0.2) is 48.5 Å². The molecule has 0 bridgehead atoms. The number of fused-ring (bicyclic) bond motifs is 1. The molecule has 0 aliphatic carbocycles. The lowest BCUT2D eigenvalue weighted by molar-refractivity contribution is -0.0993. The number of ether oxygens (including phenoxy) is 6. The maximum atomic E-state index is 13.8. The van der Waals surface area contributed by atoms with Crippen LogP contribution in [0.2, 0.25) is 0 Å². The van der Waals surface area contributed by atoms with Gasteiger partial charge in [0.1, 0.15) is 29.3 Å². The summed E-state index contributed by atoms with van der Waals surface area (Å²) >= 11 is 0. The average molecular weight is 706 g/mol. The summed E-state index contributed by atoms with van der Waals surface area (Å²) in [5.41, 5.74) is 7.24. The number of rotatable bonds is 12. The maximum absolute atomic E-state index is 13.8. The molecule has 2 aliphatic rings. The van der Waals surface area contributed by atoms with Crippen LogP contribution in [-0.4, -0.2) is 97.4 Å². The number of esters is 1. The number of hydrogen-bond donors (Lipinski definition) is 3. The Bertz CT molecular complexity index is 1860. The van der Waals surface area contributed by atoms with Gasteiger partial charge in [0.15, 0.2) is 17.9 Å². The molecule has 6 rings (SSSR count). The lowest BCUT2D eigenvalue weighted by Gasteiger charge is -2.21. The first kappa shape index (κ1) is 35.4. The number of H-pyrrole nitrogens is 1. The number of nitrogens with zero attached hydrogens (tertiary/aromatic N) is 5. The van der Waals surface area contributed by atoms with Crippen LogP contribution in [0.5, 0.6) is 0 Å². The Kier molecular flexibility index (Phi) is 10.3. The predicted octanol–water partition coefficient (Wildman–Crippen LogP) is 3.24. The number of hydrogen-bond acceptors (Lipinski definition) is 14. The minimum Gasteiger partial charge on any atom is -0.441 e. The Labute approximate surface area is 292 Å². The van der Waals surface area contributed by atoms with E-state index in [1.807, 2.05) is 55.5 Å². The number of amides is 1. The molecule has 2 saturated heterocycles. The molecule has 1 amide bonds. The number of aryl methyl sites for hydroxylation is 1. The van der Waals surface area contributed by atoms with Gasteiger partial charge in [-0.05, 0) is 42.2 Å². The lowest BCUT2D eigenvalue weighted by Crippen LogP contribution is -2.37. The van der Waals surface area contributed by atoms with Crippen molar-refractivity contribution in [3.05, 3.63) is 71.3 Å². The van der Waals surface area contributed by atoms with E-state index in [1.54, 1.807) is 4.57 Å². The van der Waals surface area contributed by atoms with Gasteiger partial charge in [0.2, 0.25) is 12.1 Å². The van der Waals surface area contributed by atoms with Crippen molar-refractivity contribution in [3.63, 3.8) is 0 Å². The molecule has 2 fully saturated rings. The fourth-order valence-electron chi connectivity index (χ4n) is 6.19. The van der Waals surface area contributed by atoms with Gasteiger partial charge in [-0.25, -0.2) is 19.4 Å². The summed E-state index contributed by atoms with van der Waals surface area (Å²) in [6.45, 7) is 6.63. The molecule has 51 heavy (non-hydrogen) atoms. The number of carbonyl (C=O) groups is 3. The second-order valence-corrected chi connectivity index (χ2v) is 12.7. The molecule has 1 unspecified atom stereocenters. The summed E-state index contributed by atoms with van der Waals surface area (Å²) in [6.07, 6.45) is -5.19. The summed E-state index contributed by atoms with van der Waals surface area (Å²) in [4.78, 5) is 42.3. The number of aromatic amines is 1. The fourth-order valence-corrected chi connectivity index (χ4v) is 6.19. The highest BCUT2D eigenvalue weighted by Gasteiger charge is 2.51. The van der Waals surface area contributed by atoms with Crippen molar-refractivity contribution in [2.75, 3.05) is 13.2 Å². The molecule has 0 spiro atoms. The number of primary amides is 1. The lowest BCUT2D eigenvalue weighted by atomic mass is 9.98. The van der Waals surface area contributed by atoms with Crippen LogP contribution in [0.4, 0.5) is 9.59 Å². The Balaban J connectivity index is 1.17. The van der Waals surface area contributed by atoms with Gasteiger partial charge in [-0.15, -0.1) is 10.2 Å². The van der Waals surface area contributed by atoms with Crippen LogP contribution in [0.3, 0.4) is 0 Å². The highest BCUT2D eigenvalue weighted by Crippen LogP contribution is 2.33. The molecule has 5 atom stereocenters. The maximum Gasteiger partial charge on any atom is 0.511 e. The van der Waals surface area contributed by atoms with Gasteiger partial charge in [0, 0.05) is 25.5 Å². The predicted molar refractivity (Wildman–Crippen MR) is 176 cm³/mol. The molecule has 4 heterocycles. The number of nitrogens with two attached hydrogens (primary N) is 1. The van der Waals surface area contributed by atoms with E-state index in [4.69, 9.17) is 34.2 Å². The van der Waals surface area contributed by atoms with Crippen molar-refractivity contribution in [2.24, 2.45) is 5.73 Å². The van der Waals surface area contributed by atoms with Gasteiger partial charge < -0.3 is 43.8 Å². The van der Waals surface area contributed by atoms with Gasteiger partial charge >= 0.3 is 18.2 Å². The number of carbonyl (C=O) groups excluding carboxylic acids is 3. The smallest absolute Gasteiger partial charge is 0.441 e. The Hall–Kier alpha value is -5.39. The van der Waals surface area contributed by atoms with E-state index in [-0.39, 0.29) is 31.1 Å². The molecule has 17 heteroatoms. The monoisotopic (exact) mass is 705 g/mol. The number of tetrazole rings is 1. The number of aliphatic hydroxyl groups is 1. The quantitative estimate of drug-likeness (QED) is 0.109. The van der Waals surface area contributed by atoms with E-state index in [0.29, 0.717) is 18.1 Å². The third kappa shape index (κ3) is 7.84. The first-order valence-electron chi connectivity index (χ1n) is 16.4. The van der Waals surface area contributed by atoms with Crippen molar-refractivity contribution >= 4 is 18.2 Å². The summed E-state index contributed by atoms with van der Waals surface area (Å²) in [7, 11) is 0. The Morgan fingerprint density at radius 3 is 2.29 bits per heavy atom. The topological polar surface area (TPSA) is 225 Å². The van der Waals surface area contributed by atoms with Crippen LogP contribution >= 0.6 is 0 Å². The van der Waals surface area contributed by atoms with Crippen LogP contribution < -0.4 is 5.73 Å². The van der Waals surface area contributed by atoms with E-state index < -0.39 is 54.5 Å². The van der Waals surface area contributed by atoms with E-state index in [1.165, 1.54) is 20.8 Å². The third-order valence-corrected chi connectivity index (χ3v) is 8.42. The molecule has 2 aromatic heterocycles. The van der Waals surface area contributed by atoms with E-state index in [2.05, 4.69) is 25.6 Å². The minimum absolute atomic E-state index is 0.0215. The van der Waals surface area contributed by atoms with Crippen molar-refractivity contribution in [2.45, 2.75) is 83.4 Å². The zero-order valence-electron chi connectivity index (χ0n) is 28.5. The van der Waals surface area contributed by atoms with Gasteiger partial charge in [-0.2, -0.15) is 5.21 Å². The molecule has 0 radical (unpaired) electrons. The first-order valence-corrected chi connectivity index (χ1v) is 16.4. The number of imidazole rings is 1. The largest absolute Gasteiger partial charge is 0.511 e. The highest BCUT2D eigenvalue weighted by molar-refractivity contribution is 5.89. The summed E-state index contributed by atoms with van der Waals surface area (Å²) in [5.74, 6) is 0.190. The normalized spacial score (nSPS) is 20.4. The van der Waals surface area contributed by atoms with Crippen molar-refractivity contribution in [1.82, 2.24) is 30.2 Å². The molecule has 4 aromatic rings. The molecule has 4 N–H and O–H groups in total. The van der Waals surface area contributed by atoms with Crippen molar-refractivity contribution < 1.29 is 47.9 Å². The van der Waals surface area contributed by atoms with Gasteiger partial charge in [0.05, 0.1) is 13.2 Å². The number of aromatic nitrogens is 6. The van der Waals surface area contributed by atoms with Crippen LogP contribution in [0.25, 0.3) is 22.5 Å². The highest BCUT2D eigenvalue weighted by atomic mass is 16.8. The van der Waals surface area contributed by atoms with E-state index in [9.17, 15) is 19.5 Å². The summed E-state index contributed by atoms with van der Waals surface area (Å²) in [6, 6.07) is 15.5. The minimum atomic E-state index is -1.51. The standard InChI is InChI=1S/C34H39N7O10/c1-5-8-25-36-29(34(3,4)45)26(31(42)48-18(2)49-33(44)51-24-17-47-27-23(50-32(35)43)16-46-28(24)27)41(25)15-19-11-13-20(14-12-19)21-9-6-7-10-22(21)30-37-39-40-38-30/h6-7,9-14,18,23-24,27-28,45H,5,8,15-17H2,1-4H3,(H2,35,43)(H,37,38,39,40)/t18?,23-,24-,27+,28+/m1/s1. The zero-order chi connectivity index (χ0) is 36.3. The van der Waals surface area contributed by atoms with Crippen LogP contribution in [0, 0.1) is 0 Å². The average Bonchev–Trinajstić information content (AvgIpc) is 3.88. The second kappa shape index (κ2) is 14.8. The molecule has 0 saturated carbocycles. The Morgan fingerprint density at radius 1 is 1.02 bits per heavy atom. The van der Waals surface area contributed by atoms with Gasteiger partial charge in [-0.3, -0.25) is 0 Å². The number of nitrogens with one attached hydrogen (secondary N) is 1. The van der Waals surface area contributed by atoms with Crippen LogP contribution in [-0.2, 0) is 47.0 Å². The molecular weight excluding hydrogens is 666 g/mol. The molecular formula is C34H39N7O10. The second-order valence-electron chi connectivity index (χ2n) is 12.7. The molecule has 2 aromatic carbocycles. The molecule has 2 aliphatic heterocycles. The van der Waals surface area contributed by atoms with Crippen molar-refractivity contribution in [1.29, 1.82) is 0 Å². The first-order chi connectivity index (χ1) is 24.4. The fraction of sp³-hybridized carbons (Fsp3) is 0.441. The summed E-state index contributed by atoms with van der Waals surface area (Å²) < 4.78 is 34.1. The van der Waals surface area contributed by atoms with E-state index >= 15 is 0 Å². The Morgan fingerprint density at radius 2 is 1.69 bits per heavy atom. The van der Waals surface area contributed by atoms with E-state index in [0.717, 1.165) is 28.7 Å². The summed E-state index contributed by atoms with van der Waals surface area (Å²) in [5, 5.41) is 25.5. The zero-order valence-corrected chi connectivity index (χ0v) is 28.5. The molecule has 17 nitrogen and oxygen atoms in total. The van der Waals surface area contributed by atoms with Crippen LogP contribution in [0.1, 0.15) is 61.7 Å². The SMILES string of the molecule is CCCc1nc(C(C)(C)O)c(C(=O)OC(C)OC(=O)O[C@@H]2CO[C@@H]3[C@H]2OC[C@H]3OC(N)=O)n1Cc1ccc(-c2ccccc2-c2nn[nH]n2)cc1. The van der Waals surface area contributed by atoms with Crippen molar-refractivity contribution in [3.8, 4) is 22.5 Å². The number of benzene rings is 2. The molecule has 270 valence electrons.